The summed E-state index contributed by atoms with van der Waals surface area (Å²) in [5.74, 6) is -1.64. The molecule has 1 unspecified atom stereocenters. The van der Waals surface area contributed by atoms with Gasteiger partial charge in [-0.2, -0.15) is 0 Å². The molecule has 1 atom stereocenters. The summed E-state index contributed by atoms with van der Waals surface area (Å²) < 4.78 is 25.8. The van der Waals surface area contributed by atoms with Crippen LogP contribution in [0.15, 0.2) is 18.2 Å². The van der Waals surface area contributed by atoms with Gasteiger partial charge in [-0.25, -0.2) is 9.18 Å². The van der Waals surface area contributed by atoms with E-state index in [9.17, 15) is 14.0 Å². The summed E-state index contributed by atoms with van der Waals surface area (Å²) in [5, 5.41) is 2.74. The summed E-state index contributed by atoms with van der Waals surface area (Å²) in [4.78, 5) is 24.4. The van der Waals surface area contributed by atoms with Crippen molar-refractivity contribution in [2.45, 2.75) is 20.0 Å². The van der Waals surface area contributed by atoms with Crippen LogP contribution in [0, 0.1) is 5.82 Å². The second kappa shape index (κ2) is 6.78. The number of aromatic nitrogens is 1. The highest BCUT2D eigenvalue weighted by Crippen LogP contribution is 2.33. The minimum Gasteiger partial charge on any atom is -0.461 e. The van der Waals surface area contributed by atoms with Crippen LogP contribution in [0.25, 0.3) is 10.9 Å². The number of nitrogens with zero attached hydrogens (tertiary/aromatic N) is 1. The molecule has 1 aromatic heterocycles. The Labute approximate surface area is 133 Å². The van der Waals surface area contributed by atoms with Crippen LogP contribution in [-0.2, 0) is 21.3 Å². The second-order valence-electron chi connectivity index (χ2n) is 5.00. The van der Waals surface area contributed by atoms with E-state index in [1.54, 1.807) is 27.0 Å². The first-order chi connectivity index (χ1) is 10.9. The molecule has 23 heavy (non-hydrogen) atoms. The fraction of sp³-hybridized carbons (Fsp3) is 0.375. The van der Waals surface area contributed by atoms with E-state index in [4.69, 9.17) is 9.47 Å². The number of esters is 1. The maximum Gasteiger partial charge on any atom is 0.357 e. The van der Waals surface area contributed by atoms with Gasteiger partial charge in [-0.3, -0.25) is 4.79 Å². The number of carbonyl (C=O) groups excluding carboxylic acids is 2. The molecule has 0 aliphatic carbocycles. The molecule has 6 nitrogen and oxygen atoms in total. The first-order valence-corrected chi connectivity index (χ1v) is 7.20. The van der Waals surface area contributed by atoms with E-state index in [-0.39, 0.29) is 23.4 Å². The first kappa shape index (κ1) is 17.0. The Morgan fingerprint density at radius 3 is 2.70 bits per heavy atom. The number of fused-ring (bicyclic) bond motifs is 1. The normalized spacial score (nSPS) is 12.2. The van der Waals surface area contributed by atoms with Gasteiger partial charge in [0.1, 0.15) is 11.9 Å². The Morgan fingerprint density at radius 1 is 1.39 bits per heavy atom. The van der Waals surface area contributed by atoms with E-state index in [2.05, 4.69) is 5.32 Å². The molecule has 0 aliphatic rings. The molecule has 0 aliphatic heterocycles. The number of amides is 1. The average Bonchev–Trinajstić information content (AvgIpc) is 2.80. The molecule has 124 valence electrons. The second-order valence-corrected chi connectivity index (χ2v) is 5.00. The zero-order chi connectivity index (χ0) is 17.1. The average molecular weight is 322 g/mol. The van der Waals surface area contributed by atoms with E-state index in [1.807, 2.05) is 0 Å². The SMILES string of the molecule is CCOC(=O)c1c(NC(=O)C(C)OC)c2c(F)cccc2n1C. The number of nitrogens with one attached hydrogen (secondary N) is 1. The third-order valence-corrected chi connectivity index (χ3v) is 3.61. The standard InChI is InChI=1S/C16H19FN2O4/c1-5-23-16(21)14-13(18-15(20)9(2)22-4)12-10(17)7-6-8-11(12)19(14)3/h6-9H,5H2,1-4H3,(H,18,20). The number of ether oxygens (including phenoxy) is 2. The van der Waals surface area contributed by atoms with E-state index < -0.39 is 23.8 Å². The number of carbonyl (C=O) groups is 2. The van der Waals surface area contributed by atoms with Crippen molar-refractivity contribution in [3.05, 3.63) is 29.7 Å². The lowest BCUT2D eigenvalue weighted by molar-refractivity contribution is -0.124. The zero-order valence-electron chi connectivity index (χ0n) is 13.5. The smallest absolute Gasteiger partial charge is 0.357 e. The van der Waals surface area contributed by atoms with E-state index in [0.717, 1.165) is 0 Å². The van der Waals surface area contributed by atoms with Gasteiger partial charge in [-0.1, -0.05) is 6.07 Å². The van der Waals surface area contributed by atoms with Crippen LogP contribution in [0.4, 0.5) is 10.1 Å². The van der Waals surface area contributed by atoms with Crippen LogP contribution < -0.4 is 5.32 Å². The molecule has 2 rings (SSSR count). The van der Waals surface area contributed by atoms with Gasteiger partial charge < -0.3 is 19.4 Å². The molecule has 0 saturated heterocycles. The van der Waals surface area contributed by atoms with Gasteiger partial charge in [0.05, 0.1) is 23.2 Å². The Bertz CT molecular complexity index is 754. The summed E-state index contributed by atoms with van der Waals surface area (Å²) in [6.45, 7) is 3.40. The number of hydrogen-bond acceptors (Lipinski definition) is 4. The lowest BCUT2D eigenvalue weighted by Crippen LogP contribution is -2.27. The third kappa shape index (κ3) is 3.05. The molecule has 7 heteroatoms. The molecule has 0 spiro atoms. The third-order valence-electron chi connectivity index (χ3n) is 3.61. The Kier molecular flexibility index (Phi) is 5.00. The summed E-state index contributed by atoms with van der Waals surface area (Å²) in [6.07, 6.45) is -0.743. The minimum absolute atomic E-state index is 0.0867. The van der Waals surface area contributed by atoms with Gasteiger partial charge in [0, 0.05) is 14.2 Å². The van der Waals surface area contributed by atoms with Crippen molar-refractivity contribution < 1.29 is 23.5 Å². The molecule has 0 fully saturated rings. The number of aryl methyl sites for hydroxylation is 1. The van der Waals surface area contributed by atoms with Crippen LogP contribution in [0.2, 0.25) is 0 Å². The van der Waals surface area contributed by atoms with E-state index in [0.29, 0.717) is 5.52 Å². The van der Waals surface area contributed by atoms with Gasteiger partial charge in [0.15, 0.2) is 5.69 Å². The Balaban J connectivity index is 2.65. The number of hydrogen-bond donors (Lipinski definition) is 1. The summed E-state index contributed by atoms with van der Waals surface area (Å²) in [6, 6.07) is 4.47. The van der Waals surface area contributed by atoms with Crippen molar-refractivity contribution in [2.75, 3.05) is 19.0 Å². The maximum absolute atomic E-state index is 14.3. The molecule has 1 heterocycles. The largest absolute Gasteiger partial charge is 0.461 e. The fourth-order valence-corrected chi connectivity index (χ4v) is 2.34. The predicted octanol–water partition coefficient (Wildman–Crippen LogP) is 2.47. The molecule has 0 bridgehead atoms. The van der Waals surface area contributed by atoms with Crippen molar-refractivity contribution in [1.82, 2.24) is 4.57 Å². The monoisotopic (exact) mass is 322 g/mol. The topological polar surface area (TPSA) is 69.6 Å². The van der Waals surface area contributed by atoms with Gasteiger partial charge in [0.25, 0.3) is 5.91 Å². The van der Waals surface area contributed by atoms with E-state index >= 15 is 0 Å². The van der Waals surface area contributed by atoms with Crippen LogP contribution in [0.1, 0.15) is 24.3 Å². The Hall–Kier alpha value is -2.41. The van der Waals surface area contributed by atoms with Crippen LogP contribution in [-0.4, -0.2) is 36.3 Å². The number of rotatable bonds is 5. The lowest BCUT2D eigenvalue weighted by Gasteiger charge is -2.12. The van der Waals surface area contributed by atoms with Crippen molar-refractivity contribution in [3.63, 3.8) is 0 Å². The molecule has 0 radical (unpaired) electrons. The highest BCUT2D eigenvalue weighted by atomic mass is 19.1. The number of halogens is 1. The van der Waals surface area contributed by atoms with Gasteiger partial charge in [-0.15, -0.1) is 0 Å². The highest BCUT2D eigenvalue weighted by molar-refractivity contribution is 6.12. The van der Waals surface area contributed by atoms with Crippen LogP contribution >= 0.6 is 0 Å². The Morgan fingerprint density at radius 2 is 2.09 bits per heavy atom. The van der Waals surface area contributed by atoms with Crippen LogP contribution in [0.3, 0.4) is 0 Å². The molecule has 0 saturated carbocycles. The van der Waals surface area contributed by atoms with Crippen molar-refractivity contribution in [3.8, 4) is 0 Å². The highest BCUT2D eigenvalue weighted by Gasteiger charge is 2.26. The van der Waals surface area contributed by atoms with Crippen molar-refractivity contribution in [2.24, 2.45) is 7.05 Å². The summed E-state index contributed by atoms with van der Waals surface area (Å²) >= 11 is 0. The van der Waals surface area contributed by atoms with Gasteiger partial charge in [0.2, 0.25) is 0 Å². The molecular formula is C16H19FN2O4. The zero-order valence-corrected chi connectivity index (χ0v) is 13.5. The summed E-state index contributed by atoms with van der Waals surface area (Å²) in [5.41, 5.74) is 0.657. The number of benzene rings is 1. The molecular weight excluding hydrogens is 303 g/mol. The molecule has 1 amide bonds. The minimum atomic E-state index is -0.743. The molecule has 2 aromatic rings. The van der Waals surface area contributed by atoms with Gasteiger partial charge in [-0.05, 0) is 26.0 Å². The van der Waals surface area contributed by atoms with Crippen molar-refractivity contribution in [1.29, 1.82) is 0 Å². The van der Waals surface area contributed by atoms with Gasteiger partial charge >= 0.3 is 5.97 Å². The van der Waals surface area contributed by atoms with Crippen molar-refractivity contribution >= 4 is 28.5 Å². The maximum atomic E-state index is 14.3. The van der Waals surface area contributed by atoms with E-state index in [1.165, 1.54) is 23.8 Å². The number of methoxy groups -OCH3 is 1. The quantitative estimate of drug-likeness (QED) is 0.859. The number of anilines is 1. The fourth-order valence-electron chi connectivity index (χ4n) is 2.34. The summed E-state index contributed by atoms with van der Waals surface area (Å²) in [7, 11) is 3.00. The lowest BCUT2D eigenvalue weighted by atomic mass is 10.2. The predicted molar refractivity (Wildman–Crippen MR) is 83.9 cm³/mol. The molecule has 1 aromatic carbocycles. The van der Waals surface area contributed by atoms with Crippen LogP contribution in [0.5, 0.6) is 0 Å². The molecule has 1 N–H and O–H groups in total. The first-order valence-electron chi connectivity index (χ1n) is 7.20.